The van der Waals surface area contributed by atoms with E-state index in [9.17, 15) is 4.79 Å². The Labute approximate surface area is 162 Å². The maximum Gasteiger partial charge on any atom is 0.263 e. The van der Waals surface area contributed by atoms with E-state index >= 15 is 0 Å². The van der Waals surface area contributed by atoms with Gasteiger partial charge in [0, 0.05) is 13.2 Å². The zero-order chi connectivity index (χ0) is 19.3. The Kier molecular flexibility index (Phi) is 5.16. The molecule has 28 heavy (non-hydrogen) atoms. The minimum atomic E-state index is -0.234. The molecule has 1 atom stereocenters. The van der Waals surface area contributed by atoms with Crippen molar-refractivity contribution in [1.82, 2.24) is 19.7 Å². The molecule has 0 saturated carbocycles. The lowest BCUT2D eigenvalue weighted by Gasteiger charge is -2.18. The second-order valence-electron chi connectivity index (χ2n) is 6.28. The number of rotatable bonds is 7. The van der Waals surface area contributed by atoms with Gasteiger partial charge in [0.25, 0.3) is 5.56 Å². The largest absolute Gasteiger partial charge is 0.372 e. The lowest BCUT2D eigenvalue weighted by molar-refractivity contribution is 0.0718. The second kappa shape index (κ2) is 8.06. The normalized spacial score (nSPS) is 12.2. The number of para-hydroxylation sites is 1. The van der Waals surface area contributed by atoms with Crippen molar-refractivity contribution in [2.75, 3.05) is 18.5 Å². The molecule has 0 fully saturated rings. The Bertz CT molecular complexity index is 1110. The Balaban J connectivity index is 1.63. The van der Waals surface area contributed by atoms with Crippen LogP contribution in [-0.2, 0) is 4.74 Å². The molecule has 7 heteroatoms. The number of nitrogens with zero attached hydrogens (tertiary/aromatic N) is 3. The molecule has 0 aliphatic heterocycles. The molecule has 2 heterocycles. The van der Waals surface area contributed by atoms with Crippen molar-refractivity contribution in [3.05, 3.63) is 82.8 Å². The maximum atomic E-state index is 12.5. The zero-order valence-corrected chi connectivity index (χ0v) is 15.5. The lowest BCUT2D eigenvalue weighted by atomic mass is 10.1. The smallest absolute Gasteiger partial charge is 0.263 e. The summed E-state index contributed by atoms with van der Waals surface area (Å²) in [6, 6.07) is 19.6. The van der Waals surface area contributed by atoms with Gasteiger partial charge in [-0.3, -0.25) is 9.78 Å². The molecule has 0 spiro atoms. The SMILES string of the molecule is CCOC(CNc1nc2c(cnn2-c2ccccc2)c(=O)[nH]1)c1ccccc1. The monoisotopic (exact) mass is 375 g/mol. The summed E-state index contributed by atoms with van der Waals surface area (Å²) in [5, 5.41) is 7.96. The van der Waals surface area contributed by atoms with E-state index in [0.717, 1.165) is 11.3 Å². The third-order valence-corrected chi connectivity index (χ3v) is 4.43. The van der Waals surface area contributed by atoms with Crippen molar-refractivity contribution in [2.24, 2.45) is 0 Å². The topological polar surface area (TPSA) is 84.8 Å². The van der Waals surface area contributed by atoms with Crippen LogP contribution in [0.1, 0.15) is 18.6 Å². The third-order valence-electron chi connectivity index (χ3n) is 4.43. The van der Waals surface area contributed by atoms with E-state index < -0.39 is 0 Å². The fourth-order valence-electron chi connectivity index (χ4n) is 3.09. The molecule has 142 valence electrons. The van der Waals surface area contributed by atoms with E-state index in [-0.39, 0.29) is 11.7 Å². The predicted octanol–water partition coefficient (Wildman–Crippen LogP) is 3.30. The van der Waals surface area contributed by atoms with Crippen LogP contribution in [-0.4, -0.2) is 32.9 Å². The summed E-state index contributed by atoms with van der Waals surface area (Å²) in [5.41, 5.74) is 2.18. The van der Waals surface area contributed by atoms with E-state index in [2.05, 4.69) is 20.4 Å². The molecule has 7 nitrogen and oxygen atoms in total. The molecule has 0 saturated heterocycles. The molecule has 2 aromatic heterocycles. The van der Waals surface area contributed by atoms with Gasteiger partial charge in [-0.25, -0.2) is 4.68 Å². The highest BCUT2D eigenvalue weighted by atomic mass is 16.5. The van der Waals surface area contributed by atoms with Crippen molar-refractivity contribution in [3.8, 4) is 5.69 Å². The summed E-state index contributed by atoms with van der Waals surface area (Å²) < 4.78 is 7.51. The van der Waals surface area contributed by atoms with Crippen molar-refractivity contribution < 1.29 is 4.74 Å². The van der Waals surface area contributed by atoms with E-state index in [4.69, 9.17) is 4.74 Å². The highest BCUT2D eigenvalue weighted by Crippen LogP contribution is 2.18. The van der Waals surface area contributed by atoms with Crippen LogP contribution < -0.4 is 10.9 Å². The molecule has 0 radical (unpaired) electrons. The minimum Gasteiger partial charge on any atom is -0.372 e. The molecule has 4 rings (SSSR count). The first-order valence-electron chi connectivity index (χ1n) is 9.20. The number of fused-ring (bicyclic) bond motifs is 1. The number of benzene rings is 2. The average molecular weight is 375 g/mol. The van der Waals surface area contributed by atoms with Crippen LogP contribution in [0.2, 0.25) is 0 Å². The van der Waals surface area contributed by atoms with Crippen LogP contribution in [0, 0.1) is 0 Å². The first-order valence-corrected chi connectivity index (χ1v) is 9.20. The average Bonchev–Trinajstić information content (AvgIpc) is 3.17. The summed E-state index contributed by atoms with van der Waals surface area (Å²) in [7, 11) is 0. The van der Waals surface area contributed by atoms with Gasteiger partial charge in [-0.1, -0.05) is 48.5 Å². The Morgan fingerprint density at radius 2 is 1.82 bits per heavy atom. The molecule has 2 N–H and O–H groups in total. The van der Waals surface area contributed by atoms with Gasteiger partial charge < -0.3 is 10.1 Å². The number of hydrogen-bond acceptors (Lipinski definition) is 5. The van der Waals surface area contributed by atoms with Crippen LogP contribution in [0.15, 0.2) is 71.7 Å². The quantitative estimate of drug-likeness (QED) is 0.518. The fraction of sp³-hybridized carbons (Fsp3) is 0.190. The first kappa shape index (κ1) is 17.9. The van der Waals surface area contributed by atoms with Crippen molar-refractivity contribution in [1.29, 1.82) is 0 Å². The van der Waals surface area contributed by atoms with Crippen LogP contribution in [0.3, 0.4) is 0 Å². The summed E-state index contributed by atoms with van der Waals surface area (Å²) in [6.07, 6.45) is 1.39. The number of aromatic amines is 1. The van der Waals surface area contributed by atoms with Crippen LogP contribution >= 0.6 is 0 Å². The van der Waals surface area contributed by atoms with Gasteiger partial charge in [0.2, 0.25) is 5.95 Å². The van der Waals surface area contributed by atoms with Gasteiger partial charge in [-0.15, -0.1) is 0 Å². The van der Waals surface area contributed by atoms with Gasteiger partial charge in [-0.05, 0) is 24.6 Å². The first-order chi connectivity index (χ1) is 13.8. The van der Waals surface area contributed by atoms with Gasteiger partial charge in [0.15, 0.2) is 5.65 Å². The summed E-state index contributed by atoms with van der Waals surface area (Å²) in [4.78, 5) is 19.8. The molecule has 0 aliphatic rings. The fourth-order valence-corrected chi connectivity index (χ4v) is 3.09. The maximum absolute atomic E-state index is 12.5. The van der Waals surface area contributed by atoms with Gasteiger partial charge in [-0.2, -0.15) is 10.1 Å². The lowest BCUT2D eigenvalue weighted by Crippen LogP contribution is -2.20. The minimum absolute atomic E-state index is 0.147. The highest BCUT2D eigenvalue weighted by Gasteiger charge is 2.14. The Morgan fingerprint density at radius 3 is 2.54 bits per heavy atom. The van der Waals surface area contributed by atoms with Gasteiger partial charge in [0.1, 0.15) is 5.39 Å². The summed E-state index contributed by atoms with van der Waals surface area (Å²) in [5.74, 6) is 0.385. The second-order valence-corrected chi connectivity index (χ2v) is 6.28. The predicted molar refractivity (Wildman–Crippen MR) is 109 cm³/mol. The van der Waals surface area contributed by atoms with Crippen LogP contribution in [0.25, 0.3) is 16.7 Å². The highest BCUT2D eigenvalue weighted by molar-refractivity contribution is 5.76. The molecule has 2 aromatic carbocycles. The van der Waals surface area contributed by atoms with Gasteiger partial charge in [0.05, 0.1) is 18.0 Å². The van der Waals surface area contributed by atoms with Crippen molar-refractivity contribution in [3.63, 3.8) is 0 Å². The van der Waals surface area contributed by atoms with Crippen molar-refractivity contribution >= 4 is 17.0 Å². The number of H-pyrrole nitrogens is 1. The molecule has 1 unspecified atom stereocenters. The molecular formula is C21H21N5O2. The molecule has 0 amide bonds. The number of aromatic nitrogens is 4. The van der Waals surface area contributed by atoms with E-state index in [1.54, 1.807) is 4.68 Å². The number of hydrogen-bond donors (Lipinski definition) is 2. The van der Waals surface area contributed by atoms with E-state index in [0.29, 0.717) is 30.1 Å². The molecule has 4 aromatic rings. The van der Waals surface area contributed by atoms with Crippen molar-refractivity contribution in [2.45, 2.75) is 13.0 Å². The summed E-state index contributed by atoms with van der Waals surface area (Å²) in [6.45, 7) is 3.03. The standard InChI is InChI=1S/C21H21N5O2/c1-2-28-18(15-9-5-3-6-10-15)14-22-21-24-19-17(20(27)25-21)13-23-26(19)16-11-7-4-8-12-16/h3-13,18H,2,14H2,1H3,(H2,22,24,25,27). The zero-order valence-electron chi connectivity index (χ0n) is 15.5. The summed E-state index contributed by atoms with van der Waals surface area (Å²) >= 11 is 0. The van der Waals surface area contributed by atoms with E-state index in [1.807, 2.05) is 67.6 Å². The van der Waals surface area contributed by atoms with Gasteiger partial charge >= 0.3 is 0 Å². The molecule has 0 bridgehead atoms. The molecule has 0 aliphatic carbocycles. The van der Waals surface area contributed by atoms with E-state index in [1.165, 1.54) is 6.20 Å². The number of nitrogens with one attached hydrogen (secondary N) is 2. The number of ether oxygens (including phenoxy) is 1. The third kappa shape index (κ3) is 3.65. The Morgan fingerprint density at radius 1 is 1.11 bits per heavy atom. The Hall–Kier alpha value is -3.45. The number of anilines is 1. The molecular weight excluding hydrogens is 354 g/mol. The van der Waals surface area contributed by atoms with Crippen LogP contribution in [0.4, 0.5) is 5.95 Å². The van der Waals surface area contributed by atoms with Crippen LogP contribution in [0.5, 0.6) is 0 Å².